The number of allylic oxidation sites excluding steroid dienone is 5. The third-order valence-corrected chi connectivity index (χ3v) is 13.6. The zero-order valence-electron chi connectivity index (χ0n) is 29.1. The minimum Gasteiger partial charge on any atom is -0.456 e. The second-order valence-electron chi connectivity index (χ2n) is 16.2. The van der Waals surface area contributed by atoms with Crippen LogP contribution in [0.15, 0.2) is 66.8 Å². The highest BCUT2D eigenvalue weighted by atomic mass is 16.9. The summed E-state index contributed by atoms with van der Waals surface area (Å²) in [7, 11) is 0. The quantitative estimate of drug-likeness (QED) is 0.233. The summed E-state index contributed by atoms with van der Waals surface area (Å²) in [5.41, 5.74) is -8.45. The van der Waals surface area contributed by atoms with E-state index in [1.807, 2.05) is 44.2 Å². The van der Waals surface area contributed by atoms with Gasteiger partial charge in [0.15, 0.2) is 0 Å². The molecule has 5 N–H and O–H groups in total. The van der Waals surface area contributed by atoms with Crippen LogP contribution in [0.2, 0.25) is 0 Å². The first kappa shape index (κ1) is 34.6. The number of aliphatic hydroxyl groups excluding tert-OH is 2. The molecule has 8 aliphatic rings. The van der Waals surface area contributed by atoms with E-state index in [2.05, 4.69) is 6.92 Å². The molecule has 8 bridgehead atoms. The molecule has 11 nitrogen and oxygen atoms in total. The first-order valence-corrected chi connectivity index (χ1v) is 18.2. The maximum atomic E-state index is 13.3. The summed E-state index contributed by atoms with van der Waals surface area (Å²) in [6.45, 7) is 6.77. The molecule has 4 saturated heterocycles. The lowest BCUT2D eigenvalue weighted by molar-refractivity contribution is -0.595. The number of aliphatic hydroxyl groups is 5. The van der Waals surface area contributed by atoms with Crippen LogP contribution in [-0.4, -0.2) is 96.6 Å². The van der Waals surface area contributed by atoms with Gasteiger partial charge in [0.25, 0.3) is 0 Å². The SMILES string of the molecule is CC[C@H]1CC\C=C/C=C/C=C/C(=O)O[C@H]2[C@@H](C)C[C@@H]3[C@]2(O)[C@H](O)[C@@]2(CO)O[C@H]2[C@H]2[C@H]4OC5(c6ccccc6)O[C@H]([C@@H](C)[C@@]23O5)[C@@]4(O)[C@](C)(O)C1. The van der Waals surface area contributed by atoms with E-state index in [-0.39, 0.29) is 18.8 Å². The minimum atomic E-state index is -2.15. The predicted octanol–water partition coefficient (Wildman–Crippen LogP) is 2.78. The van der Waals surface area contributed by atoms with Crippen LogP contribution in [-0.2, 0) is 34.5 Å². The fourth-order valence-corrected chi connectivity index (χ4v) is 11.2. The standard InChI is InChI=1S/C39H50O11/c1-5-24-15-11-8-6-7-9-14-18-27(41)46-29-22(2)19-26-36(29,44)33(42)35(21-40)31(47-35)28-32-38(45,34(4,43)20-24)30-23(3)37(26,28)50-39(48-30,49-32)25-16-12-10-13-17-25/h6-10,12-14,16-18,22-24,26,28-33,40,42-45H,5,11,15,19-21H2,1-4H3/b8-6-,9-7+,18-14+/t22-,23+,24-,26+,28-,29-,30+,31-,32+,33+,34+,35-,36+,37-,38-,39?/m0/s1. The average molecular weight is 695 g/mol. The van der Waals surface area contributed by atoms with Crippen molar-refractivity contribution in [2.45, 2.75) is 124 Å². The van der Waals surface area contributed by atoms with Gasteiger partial charge >= 0.3 is 11.9 Å². The topological polar surface area (TPSA) is 168 Å². The van der Waals surface area contributed by atoms with Crippen LogP contribution in [0.1, 0.15) is 65.4 Å². The van der Waals surface area contributed by atoms with Crippen LogP contribution < -0.4 is 0 Å². The van der Waals surface area contributed by atoms with Crippen molar-refractivity contribution in [2.75, 3.05) is 6.61 Å². The second-order valence-corrected chi connectivity index (χ2v) is 16.2. The van der Waals surface area contributed by atoms with E-state index < -0.39 is 101 Å². The monoisotopic (exact) mass is 694 g/mol. The molecule has 1 unspecified atom stereocenters. The number of fused-ring (bicyclic) bond motifs is 1. The van der Waals surface area contributed by atoms with Gasteiger partial charge in [-0.3, -0.25) is 0 Å². The molecule has 5 aliphatic heterocycles. The molecule has 0 amide bonds. The lowest BCUT2D eigenvalue weighted by Gasteiger charge is -2.74. The maximum absolute atomic E-state index is 13.3. The van der Waals surface area contributed by atoms with Crippen molar-refractivity contribution >= 4 is 5.97 Å². The number of ether oxygens (including phenoxy) is 5. The molecule has 9 rings (SSSR count). The van der Waals surface area contributed by atoms with Crippen molar-refractivity contribution in [3.05, 3.63) is 72.4 Å². The molecule has 272 valence electrons. The Morgan fingerprint density at radius 2 is 1.64 bits per heavy atom. The van der Waals surface area contributed by atoms with Gasteiger partial charge in [0.2, 0.25) is 0 Å². The Labute approximate surface area is 292 Å². The average Bonchev–Trinajstić information content (AvgIpc) is 3.78. The minimum absolute atomic E-state index is 0.0369. The van der Waals surface area contributed by atoms with Crippen LogP contribution in [0.4, 0.5) is 0 Å². The van der Waals surface area contributed by atoms with E-state index >= 15 is 0 Å². The number of hydrogen-bond acceptors (Lipinski definition) is 11. The Bertz CT molecular complexity index is 1590. The fourth-order valence-electron chi connectivity index (χ4n) is 11.2. The number of esters is 1. The van der Waals surface area contributed by atoms with Crippen LogP contribution in [0.3, 0.4) is 0 Å². The van der Waals surface area contributed by atoms with Crippen LogP contribution in [0.25, 0.3) is 0 Å². The summed E-state index contributed by atoms with van der Waals surface area (Å²) in [4.78, 5) is 13.3. The van der Waals surface area contributed by atoms with Crippen molar-refractivity contribution in [1.82, 2.24) is 0 Å². The smallest absolute Gasteiger partial charge is 0.331 e. The van der Waals surface area contributed by atoms with E-state index in [0.717, 1.165) is 19.3 Å². The summed E-state index contributed by atoms with van der Waals surface area (Å²) in [6, 6.07) is 9.10. The number of hydrogen-bond donors (Lipinski definition) is 5. The third-order valence-electron chi connectivity index (χ3n) is 13.6. The van der Waals surface area contributed by atoms with Crippen molar-refractivity contribution in [3.63, 3.8) is 0 Å². The highest BCUT2D eigenvalue weighted by Gasteiger charge is 2.91. The zero-order chi connectivity index (χ0) is 35.5. The molecule has 3 aliphatic carbocycles. The van der Waals surface area contributed by atoms with Gasteiger partial charge in [-0.1, -0.05) is 87.9 Å². The zero-order valence-corrected chi connectivity index (χ0v) is 29.1. The molecule has 11 heteroatoms. The molecule has 0 radical (unpaired) electrons. The molecule has 50 heavy (non-hydrogen) atoms. The third kappa shape index (κ3) is 4.33. The number of rotatable bonds is 3. The summed E-state index contributed by atoms with van der Waals surface area (Å²) in [5, 5.41) is 62.3. The Hall–Kier alpha value is -2.45. The van der Waals surface area contributed by atoms with E-state index in [0.29, 0.717) is 5.56 Å². The molecule has 16 atom stereocenters. The Balaban J connectivity index is 1.37. The lowest BCUT2D eigenvalue weighted by atomic mass is 9.49. The van der Waals surface area contributed by atoms with Crippen molar-refractivity contribution < 1.29 is 54.0 Å². The number of benzene rings is 1. The van der Waals surface area contributed by atoms with Crippen molar-refractivity contribution in [1.29, 1.82) is 0 Å². The first-order valence-electron chi connectivity index (χ1n) is 18.2. The molecule has 1 spiro atoms. The number of carbonyl (C=O) groups is 1. The van der Waals surface area contributed by atoms with Gasteiger partial charge in [-0.05, 0) is 44.4 Å². The largest absolute Gasteiger partial charge is 0.456 e. The number of epoxide rings is 1. The van der Waals surface area contributed by atoms with Crippen molar-refractivity contribution in [3.8, 4) is 0 Å². The summed E-state index contributed by atoms with van der Waals surface area (Å²) < 4.78 is 33.1. The van der Waals surface area contributed by atoms with E-state index in [9.17, 15) is 30.3 Å². The molecule has 7 fully saturated rings. The fraction of sp³-hybridized carbons (Fsp3) is 0.667. The lowest BCUT2D eigenvalue weighted by Crippen LogP contribution is -2.89. The van der Waals surface area contributed by atoms with Crippen molar-refractivity contribution in [2.24, 2.45) is 29.6 Å². The van der Waals surface area contributed by atoms with Gasteiger partial charge in [0.1, 0.15) is 47.3 Å². The highest BCUT2D eigenvalue weighted by molar-refractivity contribution is 5.82. The summed E-state index contributed by atoms with van der Waals surface area (Å²) in [6.07, 6.45) is 6.95. The highest BCUT2D eigenvalue weighted by Crippen LogP contribution is 2.74. The first-order chi connectivity index (χ1) is 23.8. The Kier molecular flexibility index (Phi) is 7.98. The van der Waals surface area contributed by atoms with Crippen LogP contribution >= 0.6 is 0 Å². The van der Waals surface area contributed by atoms with Gasteiger partial charge in [-0.25, -0.2) is 4.79 Å². The van der Waals surface area contributed by atoms with E-state index in [1.54, 1.807) is 37.3 Å². The van der Waals surface area contributed by atoms with Gasteiger partial charge in [-0.15, -0.1) is 0 Å². The molecular formula is C39H50O11. The van der Waals surface area contributed by atoms with Gasteiger partial charge in [-0.2, -0.15) is 0 Å². The number of carbonyl (C=O) groups excluding carboxylic acids is 1. The molecule has 1 aromatic rings. The van der Waals surface area contributed by atoms with Crippen LogP contribution in [0, 0.1) is 29.6 Å². The molecule has 5 heterocycles. The normalized spacial score (nSPS) is 55.6. The molecular weight excluding hydrogens is 644 g/mol. The molecule has 1 aromatic carbocycles. The predicted molar refractivity (Wildman–Crippen MR) is 178 cm³/mol. The van der Waals surface area contributed by atoms with Gasteiger partial charge < -0.3 is 49.2 Å². The van der Waals surface area contributed by atoms with E-state index in [4.69, 9.17) is 23.7 Å². The van der Waals surface area contributed by atoms with Gasteiger partial charge in [0.05, 0.1) is 17.8 Å². The Morgan fingerprint density at radius 1 is 0.920 bits per heavy atom. The summed E-state index contributed by atoms with van der Waals surface area (Å²) in [5.74, 6) is -5.43. The molecule has 0 aromatic heterocycles. The van der Waals surface area contributed by atoms with E-state index in [1.165, 1.54) is 6.08 Å². The summed E-state index contributed by atoms with van der Waals surface area (Å²) >= 11 is 0. The Morgan fingerprint density at radius 3 is 2.36 bits per heavy atom. The van der Waals surface area contributed by atoms with Crippen LogP contribution in [0.5, 0.6) is 0 Å². The maximum Gasteiger partial charge on any atom is 0.331 e. The second kappa shape index (κ2) is 11.5. The van der Waals surface area contributed by atoms with Gasteiger partial charge in [0, 0.05) is 29.4 Å². The molecule has 3 saturated carbocycles.